The van der Waals surface area contributed by atoms with Crippen molar-refractivity contribution in [1.29, 1.82) is 10.5 Å². The molecule has 0 unspecified atom stereocenters. The van der Waals surface area contributed by atoms with Gasteiger partial charge in [-0.2, -0.15) is 10.5 Å². The number of aromatic nitrogens is 3. The van der Waals surface area contributed by atoms with E-state index in [0.717, 1.165) is 66.4 Å². The van der Waals surface area contributed by atoms with Gasteiger partial charge in [-0.15, -0.1) is 0 Å². The molecule has 5 heteroatoms. The largest absolute Gasteiger partial charge is 0.309 e. The third-order valence-corrected chi connectivity index (χ3v) is 11.1. The van der Waals surface area contributed by atoms with Gasteiger partial charge in [-0.25, -0.2) is 0 Å². The van der Waals surface area contributed by atoms with Gasteiger partial charge in [0.2, 0.25) is 0 Å². The van der Waals surface area contributed by atoms with Crippen molar-refractivity contribution in [1.82, 2.24) is 13.7 Å². The molecule has 11 aromatic rings. The normalized spacial score (nSPS) is 11.6. The average Bonchev–Trinajstić information content (AvgIpc) is 3.89. The molecule has 0 radical (unpaired) electrons. The summed E-state index contributed by atoms with van der Waals surface area (Å²) in [5.41, 5.74) is 12.2. The SMILES string of the molecule is N#Cc1cc(-c2ccccc2-n2c3ccccc3c3c(-n4c5ccccc5c5ccccc54)cccc32)ccc1-n1c2ccccc2c2cccc(C#N)c21. The van der Waals surface area contributed by atoms with Gasteiger partial charge in [0, 0.05) is 37.9 Å². The zero-order chi connectivity index (χ0) is 36.6. The fraction of sp³-hybridized carbons (Fsp3) is 0. The number of nitrogens with zero attached hydrogens (tertiary/aromatic N) is 5. The molecule has 0 bridgehead atoms. The first kappa shape index (κ1) is 30.7. The van der Waals surface area contributed by atoms with Crippen molar-refractivity contribution in [3.63, 3.8) is 0 Å². The van der Waals surface area contributed by atoms with E-state index in [2.05, 4.69) is 159 Å². The first-order chi connectivity index (χ1) is 27.2. The van der Waals surface area contributed by atoms with Crippen LogP contribution in [0, 0.1) is 22.7 Å². The van der Waals surface area contributed by atoms with Gasteiger partial charge in [0.1, 0.15) is 12.1 Å². The molecule has 0 aliphatic heterocycles. The van der Waals surface area contributed by atoms with Crippen LogP contribution in [0.5, 0.6) is 0 Å². The molecule has 3 heterocycles. The molecule has 8 aromatic carbocycles. The number of fused-ring (bicyclic) bond motifs is 9. The van der Waals surface area contributed by atoms with Crippen LogP contribution in [0.4, 0.5) is 0 Å². The van der Waals surface area contributed by atoms with Crippen molar-refractivity contribution in [3.05, 3.63) is 187 Å². The maximum absolute atomic E-state index is 10.7. The highest BCUT2D eigenvalue weighted by molar-refractivity contribution is 6.17. The molecule has 0 aliphatic carbocycles. The standard InChI is InChI=1S/C50H29N5/c51-30-33-13-11-19-39-38-17-4-9-23-45(38)55(50(33)39)41-28-27-32(29-34(41)31-52)35-14-1-6-20-42(35)53-46-24-10-5-18-40(46)49-47(53)25-12-26-48(49)54-43-21-7-2-15-36(43)37-16-3-8-22-44(37)54/h1-29H. The summed E-state index contributed by atoms with van der Waals surface area (Å²) in [6, 6.07) is 65.9. The first-order valence-corrected chi connectivity index (χ1v) is 18.3. The molecular formula is C50H29N5. The molecule has 0 spiro atoms. The van der Waals surface area contributed by atoms with E-state index in [4.69, 9.17) is 0 Å². The minimum Gasteiger partial charge on any atom is -0.309 e. The van der Waals surface area contributed by atoms with Gasteiger partial charge in [-0.05, 0) is 66.2 Å². The molecule has 254 valence electrons. The Labute approximate surface area is 316 Å². The molecular weight excluding hydrogens is 671 g/mol. The fourth-order valence-corrected chi connectivity index (χ4v) is 8.89. The lowest BCUT2D eigenvalue weighted by molar-refractivity contribution is 1.16. The van der Waals surface area contributed by atoms with Gasteiger partial charge in [-0.1, -0.05) is 115 Å². The molecule has 0 atom stereocenters. The Bertz CT molecular complexity index is 3420. The van der Waals surface area contributed by atoms with Gasteiger partial charge in [0.25, 0.3) is 0 Å². The highest BCUT2D eigenvalue weighted by Gasteiger charge is 2.22. The number of para-hydroxylation sites is 6. The first-order valence-electron chi connectivity index (χ1n) is 18.3. The smallest absolute Gasteiger partial charge is 0.101 e. The van der Waals surface area contributed by atoms with Crippen LogP contribution >= 0.6 is 0 Å². The Morgan fingerprint density at radius 1 is 0.345 bits per heavy atom. The number of benzene rings is 8. The zero-order valence-electron chi connectivity index (χ0n) is 29.5. The number of rotatable bonds is 4. The van der Waals surface area contributed by atoms with Crippen LogP contribution in [0.15, 0.2) is 176 Å². The van der Waals surface area contributed by atoms with E-state index in [0.29, 0.717) is 11.1 Å². The van der Waals surface area contributed by atoms with Crippen molar-refractivity contribution in [2.24, 2.45) is 0 Å². The Morgan fingerprint density at radius 3 is 1.53 bits per heavy atom. The average molecular weight is 700 g/mol. The molecule has 0 saturated carbocycles. The van der Waals surface area contributed by atoms with E-state index >= 15 is 0 Å². The van der Waals surface area contributed by atoms with Gasteiger partial charge in [0.15, 0.2) is 0 Å². The van der Waals surface area contributed by atoms with Gasteiger partial charge >= 0.3 is 0 Å². The lowest BCUT2D eigenvalue weighted by Gasteiger charge is -2.16. The van der Waals surface area contributed by atoms with Crippen molar-refractivity contribution in [3.8, 4) is 40.3 Å². The summed E-state index contributed by atoms with van der Waals surface area (Å²) in [5, 5.41) is 27.7. The second-order valence-corrected chi connectivity index (χ2v) is 13.9. The van der Waals surface area contributed by atoms with Crippen LogP contribution in [0.1, 0.15) is 11.1 Å². The summed E-state index contributed by atoms with van der Waals surface area (Å²) in [6.07, 6.45) is 0. The molecule has 0 aliphatic rings. The van der Waals surface area contributed by atoms with Crippen LogP contribution in [0.3, 0.4) is 0 Å². The predicted molar refractivity (Wildman–Crippen MR) is 224 cm³/mol. The maximum Gasteiger partial charge on any atom is 0.101 e. The van der Waals surface area contributed by atoms with Gasteiger partial charge < -0.3 is 13.7 Å². The molecule has 11 rings (SSSR count). The number of nitriles is 2. The molecule has 55 heavy (non-hydrogen) atoms. The van der Waals surface area contributed by atoms with E-state index < -0.39 is 0 Å². The van der Waals surface area contributed by atoms with Crippen molar-refractivity contribution < 1.29 is 0 Å². The fourth-order valence-electron chi connectivity index (χ4n) is 8.89. The third-order valence-electron chi connectivity index (χ3n) is 11.1. The van der Waals surface area contributed by atoms with Crippen LogP contribution in [-0.4, -0.2) is 13.7 Å². The summed E-state index contributed by atoms with van der Waals surface area (Å²) in [6.45, 7) is 0. The van der Waals surface area contributed by atoms with Crippen LogP contribution in [0.25, 0.3) is 93.6 Å². The second kappa shape index (κ2) is 11.8. The molecule has 5 nitrogen and oxygen atoms in total. The molecule has 0 fully saturated rings. The lowest BCUT2D eigenvalue weighted by Crippen LogP contribution is -2.01. The molecule has 3 aromatic heterocycles. The van der Waals surface area contributed by atoms with E-state index in [1.165, 1.54) is 27.2 Å². The quantitative estimate of drug-likeness (QED) is 0.184. The monoisotopic (exact) mass is 699 g/mol. The van der Waals surface area contributed by atoms with Crippen molar-refractivity contribution in [2.75, 3.05) is 0 Å². The van der Waals surface area contributed by atoms with Gasteiger partial charge in [-0.3, -0.25) is 0 Å². The summed E-state index contributed by atoms with van der Waals surface area (Å²) in [4.78, 5) is 0. The van der Waals surface area contributed by atoms with E-state index in [1.54, 1.807) is 0 Å². The minimum atomic E-state index is 0.526. The topological polar surface area (TPSA) is 62.4 Å². The highest BCUT2D eigenvalue weighted by Crippen LogP contribution is 2.42. The number of hydrogen-bond donors (Lipinski definition) is 0. The molecule has 0 saturated heterocycles. The lowest BCUT2D eigenvalue weighted by atomic mass is 10.00. The van der Waals surface area contributed by atoms with Crippen LogP contribution in [0.2, 0.25) is 0 Å². The molecule has 0 amide bonds. The summed E-state index contributed by atoms with van der Waals surface area (Å²) >= 11 is 0. The zero-order valence-corrected chi connectivity index (χ0v) is 29.5. The Balaban J connectivity index is 1.15. The predicted octanol–water partition coefficient (Wildman–Crippen LogP) is 12.4. The Morgan fingerprint density at radius 2 is 0.836 bits per heavy atom. The van der Waals surface area contributed by atoms with Gasteiger partial charge in [0.05, 0.1) is 61.3 Å². The maximum atomic E-state index is 10.7. The summed E-state index contributed by atoms with van der Waals surface area (Å²) < 4.78 is 6.84. The highest BCUT2D eigenvalue weighted by atomic mass is 15.0. The van der Waals surface area contributed by atoms with Crippen molar-refractivity contribution in [2.45, 2.75) is 0 Å². The van der Waals surface area contributed by atoms with Crippen molar-refractivity contribution >= 4 is 65.4 Å². The van der Waals surface area contributed by atoms with E-state index in [1.807, 2.05) is 42.5 Å². The second-order valence-electron chi connectivity index (χ2n) is 13.9. The number of hydrogen-bond acceptors (Lipinski definition) is 2. The molecule has 0 N–H and O–H groups in total. The van der Waals surface area contributed by atoms with E-state index in [-0.39, 0.29) is 0 Å². The minimum absolute atomic E-state index is 0.526. The van der Waals surface area contributed by atoms with Crippen LogP contribution in [-0.2, 0) is 0 Å². The van der Waals surface area contributed by atoms with E-state index in [9.17, 15) is 10.5 Å². The van der Waals surface area contributed by atoms with Crippen LogP contribution < -0.4 is 0 Å². The Kier molecular flexibility index (Phi) is 6.61. The third kappa shape index (κ3) is 4.33. The summed E-state index contributed by atoms with van der Waals surface area (Å²) in [5.74, 6) is 0. The Hall–Kier alpha value is -7.86. The summed E-state index contributed by atoms with van der Waals surface area (Å²) in [7, 11) is 0.